The number of nitrogens with one attached hydrogen (secondary N) is 1. The Bertz CT molecular complexity index is 1090. The molecule has 1 fully saturated rings. The fourth-order valence-corrected chi connectivity index (χ4v) is 5.36. The minimum absolute atomic E-state index is 0.109. The first-order valence-corrected chi connectivity index (χ1v) is 14.7. The summed E-state index contributed by atoms with van der Waals surface area (Å²) < 4.78 is 26.2. The third-order valence-corrected chi connectivity index (χ3v) is 7.85. The zero-order valence-corrected chi connectivity index (χ0v) is 22.1. The number of amides is 1. The summed E-state index contributed by atoms with van der Waals surface area (Å²) in [6.45, 7) is 0.109. The van der Waals surface area contributed by atoms with Gasteiger partial charge in [0.15, 0.2) is 0 Å². The number of benzene rings is 2. The number of anilines is 1. The number of hydrogen-bond donors (Lipinski definition) is 1. The van der Waals surface area contributed by atoms with E-state index in [9.17, 15) is 13.2 Å². The highest BCUT2D eigenvalue weighted by Gasteiger charge is 2.19. The predicted molar refractivity (Wildman–Crippen MR) is 145 cm³/mol. The maximum absolute atomic E-state index is 12.7. The van der Waals surface area contributed by atoms with Gasteiger partial charge in [0.05, 0.1) is 18.5 Å². The summed E-state index contributed by atoms with van der Waals surface area (Å²) in [5.74, 6) is -0.299. The van der Waals surface area contributed by atoms with Gasteiger partial charge in [0.25, 0.3) is 5.91 Å². The quantitative estimate of drug-likeness (QED) is 0.433. The lowest BCUT2D eigenvalue weighted by Gasteiger charge is -2.23. The molecule has 1 amide bonds. The van der Waals surface area contributed by atoms with E-state index in [-0.39, 0.29) is 12.5 Å². The van der Waals surface area contributed by atoms with E-state index in [1.54, 1.807) is 42.5 Å². The van der Waals surface area contributed by atoms with E-state index in [2.05, 4.69) is 10.5 Å². The summed E-state index contributed by atoms with van der Waals surface area (Å²) in [6, 6.07) is 13.7. The third-order valence-electron chi connectivity index (χ3n) is 6.34. The second kappa shape index (κ2) is 13.6. The Morgan fingerprint density at radius 1 is 0.886 bits per heavy atom. The van der Waals surface area contributed by atoms with Crippen LogP contribution in [-0.2, 0) is 16.6 Å². The number of rotatable bonds is 6. The van der Waals surface area contributed by atoms with Crippen LogP contribution in [0, 0.1) is 0 Å². The standard InChI is InChI=1S/C27H36ClN3O3S/c1-35(33,34)31(21-23-13-11-12-16-26(23)28)25-19-17-22(18-20-25)27(32)30-29-24-14-9-7-5-3-2-4-6-8-10-15-24/h11-13,16-20H,2-10,14-15,21H2,1H3,(H,30,32). The molecule has 0 unspecified atom stereocenters. The van der Waals surface area contributed by atoms with Gasteiger partial charge < -0.3 is 0 Å². The zero-order chi connectivity index (χ0) is 25.1. The van der Waals surface area contributed by atoms with Crippen molar-refractivity contribution in [3.8, 4) is 0 Å². The Hall–Kier alpha value is -2.38. The number of nitrogens with zero attached hydrogens (tertiary/aromatic N) is 2. The molecule has 0 heterocycles. The van der Waals surface area contributed by atoms with Gasteiger partial charge >= 0.3 is 0 Å². The molecule has 6 nitrogen and oxygen atoms in total. The molecule has 0 spiro atoms. The van der Waals surface area contributed by atoms with Crippen molar-refractivity contribution in [2.75, 3.05) is 10.6 Å². The average Bonchev–Trinajstić information content (AvgIpc) is 2.82. The number of sulfonamides is 1. The maximum atomic E-state index is 12.7. The van der Waals surface area contributed by atoms with Crippen LogP contribution in [0.15, 0.2) is 53.6 Å². The van der Waals surface area contributed by atoms with E-state index in [0.717, 1.165) is 37.7 Å². The molecule has 1 aliphatic rings. The highest BCUT2D eigenvalue weighted by Crippen LogP contribution is 2.24. The molecule has 2 aromatic rings. The molecular formula is C27H36ClN3O3S. The second-order valence-electron chi connectivity index (χ2n) is 9.21. The summed E-state index contributed by atoms with van der Waals surface area (Å²) in [6.07, 6.45) is 14.1. The second-order valence-corrected chi connectivity index (χ2v) is 11.5. The van der Waals surface area contributed by atoms with Crippen molar-refractivity contribution in [2.24, 2.45) is 5.10 Å². The van der Waals surface area contributed by atoms with Gasteiger partial charge in [0.2, 0.25) is 10.0 Å². The minimum atomic E-state index is -3.56. The average molecular weight is 518 g/mol. The normalized spacial score (nSPS) is 16.0. The van der Waals surface area contributed by atoms with E-state index in [0.29, 0.717) is 21.8 Å². The van der Waals surface area contributed by atoms with E-state index in [1.165, 1.54) is 49.3 Å². The monoisotopic (exact) mass is 517 g/mol. The van der Waals surface area contributed by atoms with Gasteiger partial charge in [-0.2, -0.15) is 5.10 Å². The highest BCUT2D eigenvalue weighted by molar-refractivity contribution is 7.92. The summed E-state index contributed by atoms with van der Waals surface area (Å²) in [5.41, 5.74) is 5.36. The first-order valence-electron chi connectivity index (χ1n) is 12.5. The van der Waals surface area contributed by atoms with Crippen molar-refractivity contribution in [1.29, 1.82) is 0 Å². The van der Waals surface area contributed by atoms with Crippen molar-refractivity contribution in [1.82, 2.24) is 5.43 Å². The van der Waals surface area contributed by atoms with Crippen LogP contribution in [0.3, 0.4) is 0 Å². The van der Waals surface area contributed by atoms with Gasteiger partial charge in [0.1, 0.15) is 0 Å². The SMILES string of the molecule is CS(=O)(=O)N(Cc1ccccc1Cl)c1ccc(C(=O)NN=C2CCCCCCCCCCC2)cc1. The Labute approximate surface area is 214 Å². The Kier molecular flexibility index (Phi) is 10.6. The fourth-order valence-electron chi connectivity index (χ4n) is 4.29. The smallest absolute Gasteiger partial charge is 0.267 e. The molecule has 2 aromatic carbocycles. The van der Waals surface area contributed by atoms with E-state index in [1.807, 2.05) is 6.07 Å². The molecule has 0 saturated heterocycles. The third kappa shape index (κ3) is 8.97. The molecule has 1 N–H and O–H groups in total. The van der Waals surface area contributed by atoms with Crippen LogP contribution < -0.4 is 9.73 Å². The molecule has 0 radical (unpaired) electrons. The number of carbonyl (C=O) groups is 1. The molecule has 0 aromatic heterocycles. The van der Waals surface area contributed by atoms with Gasteiger partial charge in [-0.25, -0.2) is 13.8 Å². The van der Waals surface area contributed by atoms with Gasteiger partial charge in [0, 0.05) is 16.3 Å². The molecular weight excluding hydrogens is 482 g/mol. The molecule has 3 rings (SSSR count). The predicted octanol–water partition coefficient (Wildman–Crippen LogP) is 6.70. The Balaban J connectivity index is 1.66. The molecule has 0 bridgehead atoms. The molecule has 0 aliphatic heterocycles. The van der Waals surface area contributed by atoms with Gasteiger partial charge in [-0.1, -0.05) is 74.7 Å². The first kappa shape index (κ1) is 27.2. The first-order chi connectivity index (χ1) is 16.8. The van der Waals surface area contributed by atoms with E-state index in [4.69, 9.17) is 11.6 Å². The van der Waals surface area contributed by atoms with Crippen LogP contribution in [0.2, 0.25) is 5.02 Å². The summed E-state index contributed by atoms with van der Waals surface area (Å²) >= 11 is 6.24. The van der Waals surface area contributed by atoms with Crippen molar-refractivity contribution in [3.05, 3.63) is 64.7 Å². The number of hydrogen-bond acceptors (Lipinski definition) is 4. The van der Waals surface area contributed by atoms with Crippen LogP contribution in [0.5, 0.6) is 0 Å². The maximum Gasteiger partial charge on any atom is 0.271 e. The number of hydrazone groups is 1. The molecule has 1 aliphatic carbocycles. The lowest BCUT2D eigenvalue weighted by atomic mass is 10.00. The van der Waals surface area contributed by atoms with Crippen LogP contribution in [0.25, 0.3) is 0 Å². The lowest BCUT2D eigenvalue weighted by molar-refractivity contribution is 0.0954. The van der Waals surface area contributed by atoms with E-state index < -0.39 is 10.0 Å². The molecule has 0 atom stereocenters. The van der Waals surface area contributed by atoms with Crippen molar-refractivity contribution in [2.45, 2.75) is 77.2 Å². The van der Waals surface area contributed by atoms with Gasteiger partial charge in [-0.15, -0.1) is 0 Å². The number of halogens is 1. The van der Waals surface area contributed by atoms with Gasteiger partial charge in [-0.05, 0) is 61.6 Å². The Morgan fingerprint density at radius 2 is 1.43 bits per heavy atom. The van der Waals surface area contributed by atoms with E-state index >= 15 is 0 Å². The van der Waals surface area contributed by atoms with Crippen molar-refractivity contribution < 1.29 is 13.2 Å². The highest BCUT2D eigenvalue weighted by atomic mass is 35.5. The van der Waals surface area contributed by atoms with Crippen LogP contribution in [0.4, 0.5) is 5.69 Å². The van der Waals surface area contributed by atoms with Crippen molar-refractivity contribution >= 4 is 38.9 Å². The summed E-state index contributed by atoms with van der Waals surface area (Å²) in [5, 5.41) is 4.95. The molecule has 8 heteroatoms. The Morgan fingerprint density at radius 3 is 1.97 bits per heavy atom. The topological polar surface area (TPSA) is 78.8 Å². The molecule has 190 valence electrons. The van der Waals surface area contributed by atoms with Crippen LogP contribution in [0.1, 0.15) is 86.6 Å². The fraction of sp³-hybridized carbons (Fsp3) is 0.481. The van der Waals surface area contributed by atoms with Crippen LogP contribution in [-0.4, -0.2) is 26.3 Å². The molecule has 1 saturated carbocycles. The zero-order valence-electron chi connectivity index (χ0n) is 20.5. The van der Waals surface area contributed by atoms with Gasteiger partial charge in [-0.3, -0.25) is 9.10 Å². The van der Waals surface area contributed by atoms with Crippen LogP contribution >= 0.6 is 11.6 Å². The molecule has 35 heavy (non-hydrogen) atoms. The summed E-state index contributed by atoms with van der Waals surface area (Å²) in [4.78, 5) is 12.7. The largest absolute Gasteiger partial charge is 0.271 e. The lowest BCUT2D eigenvalue weighted by Crippen LogP contribution is -2.29. The summed E-state index contributed by atoms with van der Waals surface area (Å²) in [7, 11) is -3.56. The van der Waals surface area contributed by atoms with Crippen molar-refractivity contribution in [3.63, 3.8) is 0 Å². The minimum Gasteiger partial charge on any atom is -0.267 e. The number of carbonyl (C=O) groups excluding carboxylic acids is 1.